The molecule has 0 aliphatic rings. The summed E-state index contributed by atoms with van der Waals surface area (Å²) in [7, 11) is 1.27. The Bertz CT molecular complexity index is 838. The number of nitrogens with one attached hydrogen (secondary N) is 2. The number of nitro groups is 1. The zero-order valence-electron chi connectivity index (χ0n) is 13.3. The van der Waals surface area contributed by atoms with Crippen molar-refractivity contribution in [3.05, 3.63) is 50.6 Å². The maximum Gasteiger partial charge on any atom is 0.340 e. The first-order chi connectivity index (χ1) is 11.8. The third-order valence-corrected chi connectivity index (χ3v) is 4.57. The van der Waals surface area contributed by atoms with Gasteiger partial charge in [-0.05, 0) is 36.8 Å². The van der Waals surface area contributed by atoms with E-state index in [2.05, 4.69) is 10.6 Å². The van der Waals surface area contributed by atoms with E-state index in [0.717, 1.165) is 23.4 Å². The van der Waals surface area contributed by atoms with Crippen molar-refractivity contribution in [2.75, 3.05) is 17.7 Å². The Hall–Kier alpha value is -2.59. The van der Waals surface area contributed by atoms with Crippen molar-refractivity contribution in [3.8, 4) is 0 Å². The molecule has 0 saturated carbocycles. The van der Waals surface area contributed by atoms with Gasteiger partial charge in [0.15, 0.2) is 5.11 Å². The molecule has 2 rings (SSSR count). The molecular weight excluding hydrogens is 369 g/mol. The predicted octanol–water partition coefficient (Wildman–Crippen LogP) is 3.95. The van der Waals surface area contributed by atoms with Gasteiger partial charge < -0.3 is 15.4 Å². The van der Waals surface area contributed by atoms with Crippen molar-refractivity contribution in [3.63, 3.8) is 0 Å². The van der Waals surface area contributed by atoms with Crippen molar-refractivity contribution in [2.24, 2.45) is 0 Å². The van der Waals surface area contributed by atoms with Crippen molar-refractivity contribution in [1.29, 1.82) is 0 Å². The van der Waals surface area contributed by atoms with Crippen LogP contribution in [-0.2, 0) is 11.2 Å². The number of nitro benzene ring substituents is 1. The molecule has 0 aliphatic carbocycles. The maximum atomic E-state index is 13.2. The summed E-state index contributed by atoms with van der Waals surface area (Å²) in [6, 6.07) is 4.79. The molecule has 0 aliphatic heterocycles. The minimum atomic E-state index is -0.727. The molecule has 0 spiro atoms. The van der Waals surface area contributed by atoms with Crippen LogP contribution in [0.25, 0.3) is 0 Å². The quantitative estimate of drug-likeness (QED) is 0.349. The van der Waals surface area contributed by atoms with E-state index < -0.39 is 22.4 Å². The fraction of sp³-hybridized carbons (Fsp3) is 0.200. The van der Waals surface area contributed by atoms with Gasteiger partial charge in [0, 0.05) is 4.88 Å². The minimum Gasteiger partial charge on any atom is -0.465 e. The molecule has 2 aromatic rings. The van der Waals surface area contributed by atoms with Gasteiger partial charge >= 0.3 is 5.97 Å². The molecule has 0 fully saturated rings. The van der Waals surface area contributed by atoms with Gasteiger partial charge in [-0.25, -0.2) is 9.18 Å². The lowest BCUT2D eigenvalue weighted by molar-refractivity contribution is -0.384. The number of ether oxygens (including phenoxy) is 1. The smallest absolute Gasteiger partial charge is 0.340 e. The van der Waals surface area contributed by atoms with Crippen LogP contribution in [0.2, 0.25) is 0 Å². The Morgan fingerprint density at radius 1 is 1.40 bits per heavy atom. The topological polar surface area (TPSA) is 93.5 Å². The fourth-order valence-corrected chi connectivity index (χ4v) is 3.25. The van der Waals surface area contributed by atoms with E-state index in [9.17, 15) is 19.3 Å². The van der Waals surface area contributed by atoms with E-state index in [-0.39, 0.29) is 10.8 Å². The zero-order chi connectivity index (χ0) is 18.6. The largest absolute Gasteiger partial charge is 0.465 e. The van der Waals surface area contributed by atoms with Crippen molar-refractivity contribution in [2.45, 2.75) is 13.3 Å². The van der Waals surface area contributed by atoms with Crippen LogP contribution in [0.1, 0.15) is 22.2 Å². The number of hydrogen-bond acceptors (Lipinski definition) is 6. The second kappa shape index (κ2) is 7.99. The molecule has 0 atom stereocenters. The second-order valence-electron chi connectivity index (χ2n) is 4.80. The van der Waals surface area contributed by atoms with Crippen LogP contribution in [0, 0.1) is 15.9 Å². The number of carbonyl (C=O) groups excluding carboxylic acids is 1. The van der Waals surface area contributed by atoms with Gasteiger partial charge in [-0.15, -0.1) is 11.3 Å². The Morgan fingerprint density at radius 2 is 2.12 bits per heavy atom. The van der Waals surface area contributed by atoms with Crippen LogP contribution in [-0.4, -0.2) is 23.1 Å². The third kappa shape index (κ3) is 4.48. The molecule has 0 radical (unpaired) electrons. The molecule has 10 heteroatoms. The number of aryl methyl sites for hydroxylation is 1. The van der Waals surface area contributed by atoms with Crippen molar-refractivity contribution < 1.29 is 18.8 Å². The van der Waals surface area contributed by atoms with Crippen molar-refractivity contribution in [1.82, 2.24) is 0 Å². The average molecular weight is 383 g/mol. The second-order valence-corrected chi connectivity index (χ2v) is 6.34. The Morgan fingerprint density at radius 3 is 2.72 bits per heavy atom. The van der Waals surface area contributed by atoms with Gasteiger partial charge in [0.25, 0.3) is 5.69 Å². The van der Waals surface area contributed by atoms with Gasteiger partial charge in [0.1, 0.15) is 16.5 Å². The van der Waals surface area contributed by atoms with Gasteiger partial charge in [-0.3, -0.25) is 10.1 Å². The molecule has 0 amide bonds. The zero-order valence-corrected chi connectivity index (χ0v) is 14.9. The summed E-state index contributed by atoms with van der Waals surface area (Å²) in [6.45, 7) is 1.94. The Labute approximate surface area is 152 Å². The number of nitrogens with zero attached hydrogens (tertiary/aromatic N) is 1. The highest BCUT2D eigenvalue weighted by atomic mass is 32.1. The highest BCUT2D eigenvalue weighted by molar-refractivity contribution is 7.80. The summed E-state index contributed by atoms with van der Waals surface area (Å²) < 4.78 is 17.9. The number of anilines is 2. The lowest BCUT2D eigenvalue weighted by Crippen LogP contribution is -2.20. The Balaban J connectivity index is 2.23. The summed E-state index contributed by atoms with van der Waals surface area (Å²) in [5.74, 6) is -1.25. The van der Waals surface area contributed by atoms with E-state index in [1.807, 2.05) is 6.92 Å². The first-order valence-corrected chi connectivity index (χ1v) is 8.31. The number of rotatable bonds is 5. The number of hydrogen-bond donors (Lipinski definition) is 2. The highest BCUT2D eigenvalue weighted by Gasteiger charge is 2.19. The molecule has 0 bridgehead atoms. The Kier molecular flexibility index (Phi) is 5.99. The molecule has 132 valence electrons. The van der Waals surface area contributed by atoms with Crippen LogP contribution in [0.5, 0.6) is 0 Å². The van der Waals surface area contributed by atoms with Gasteiger partial charge in [0.05, 0.1) is 23.7 Å². The highest BCUT2D eigenvalue weighted by Crippen LogP contribution is 2.30. The molecule has 1 aromatic carbocycles. The van der Waals surface area contributed by atoms with E-state index in [1.54, 1.807) is 6.07 Å². The summed E-state index contributed by atoms with van der Waals surface area (Å²) in [5.41, 5.74) is -0.0873. The third-order valence-electron chi connectivity index (χ3n) is 3.17. The van der Waals surface area contributed by atoms with Gasteiger partial charge in [0.2, 0.25) is 0 Å². The predicted molar refractivity (Wildman–Crippen MR) is 97.9 cm³/mol. The molecule has 0 saturated heterocycles. The fourth-order valence-electron chi connectivity index (χ4n) is 1.99. The molecule has 25 heavy (non-hydrogen) atoms. The molecule has 2 N–H and O–H groups in total. The maximum absolute atomic E-state index is 13.2. The number of methoxy groups -OCH3 is 1. The van der Waals surface area contributed by atoms with Crippen LogP contribution in [0.15, 0.2) is 24.3 Å². The first-order valence-electron chi connectivity index (χ1n) is 7.08. The standard InChI is InChI=1S/C15H14FN3O4S2/c1-3-9-7-10(14(20)23-2)13(25-9)18-15(24)17-11-5-4-8(16)6-12(11)19(21)22/h4-7H,3H2,1-2H3,(H2,17,18,24). The van der Waals surface area contributed by atoms with Crippen molar-refractivity contribution >= 4 is 51.0 Å². The van der Waals surface area contributed by atoms with Crippen LogP contribution < -0.4 is 10.6 Å². The normalized spacial score (nSPS) is 10.2. The summed E-state index contributed by atoms with van der Waals surface area (Å²) >= 11 is 6.46. The van der Waals surface area contributed by atoms with E-state index >= 15 is 0 Å². The number of thiophene rings is 1. The SMILES string of the molecule is CCc1cc(C(=O)OC)c(NC(=S)Nc2ccc(F)cc2[N+](=O)[O-])s1. The summed E-state index contributed by atoms with van der Waals surface area (Å²) in [6.07, 6.45) is 0.722. The van der Waals surface area contributed by atoms with Gasteiger partial charge in [-0.1, -0.05) is 6.92 Å². The monoisotopic (exact) mass is 383 g/mol. The lowest BCUT2D eigenvalue weighted by Gasteiger charge is -2.10. The van der Waals surface area contributed by atoms with E-state index in [1.165, 1.54) is 24.5 Å². The first kappa shape index (κ1) is 18.7. The number of halogens is 1. The van der Waals surface area contributed by atoms with Gasteiger partial charge in [-0.2, -0.15) is 0 Å². The summed E-state index contributed by atoms with van der Waals surface area (Å²) in [5, 5.41) is 17.0. The molecular formula is C15H14FN3O4S2. The average Bonchev–Trinajstić information content (AvgIpc) is 2.98. The molecule has 1 heterocycles. The lowest BCUT2D eigenvalue weighted by atomic mass is 10.2. The number of thiocarbonyl (C=S) groups is 1. The molecule has 7 nitrogen and oxygen atoms in total. The van der Waals surface area contributed by atoms with Crippen LogP contribution in [0.3, 0.4) is 0 Å². The minimum absolute atomic E-state index is 0.0318. The molecule has 0 unspecified atom stereocenters. The summed E-state index contributed by atoms with van der Waals surface area (Å²) in [4.78, 5) is 23.1. The number of benzene rings is 1. The van der Waals surface area contributed by atoms with E-state index in [0.29, 0.717) is 10.6 Å². The van der Waals surface area contributed by atoms with E-state index in [4.69, 9.17) is 17.0 Å². The number of carbonyl (C=O) groups is 1. The van der Waals surface area contributed by atoms with Crippen LogP contribution in [0.4, 0.5) is 20.8 Å². The van der Waals surface area contributed by atoms with Crippen LogP contribution >= 0.6 is 23.6 Å². The number of esters is 1. The molecule has 1 aromatic heterocycles.